The fourth-order valence-electron chi connectivity index (χ4n) is 1.40. The van der Waals surface area contributed by atoms with Crippen LogP contribution in [0.25, 0.3) is 0 Å². The minimum absolute atomic E-state index is 0.663. The number of amides is 1. The summed E-state index contributed by atoms with van der Waals surface area (Å²) in [5.74, 6) is 0. The molecule has 0 aliphatic heterocycles. The highest BCUT2D eigenvalue weighted by molar-refractivity contribution is 5.92. The molecule has 0 fully saturated rings. The van der Waals surface area contributed by atoms with E-state index < -0.39 is 0 Å². The molecule has 0 bridgehead atoms. The third kappa shape index (κ3) is 2.31. The average Bonchev–Trinajstić information content (AvgIpc) is 2.29. The minimum Gasteiger partial charge on any atom is -0.388 e. The highest BCUT2D eigenvalue weighted by atomic mass is 16.1. The standard InChI is InChI=1S/C10H16N4O/c1-11-7-4-8(12-2)10(14-6-15)9(5-7)13-3/h4-6,11-13H,1-3H3,(H,14,15). The molecule has 0 saturated carbocycles. The van der Waals surface area contributed by atoms with E-state index in [9.17, 15) is 4.79 Å². The van der Waals surface area contributed by atoms with Crippen LogP contribution < -0.4 is 21.3 Å². The third-order valence-electron chi connectivity index (χ3n) is 2.17. The molecule has 1 rings (SSSR count). The molecule has 1 amide bonds. The molecule has 0 spiro atoms. The highest BCUT2D eigenvalue weighted by Gasteiger charge is 2.07. The van der Waals surface area contributed by atoms with Gasteiger partial charge < -0.3 is 21.3 Å². The van der Waals surface area contributed by atoms with Gasteiger partial charge in [0.1, 0.15) is 0 Å². The Morgan fingerprint density at radius 1 is 1.00 bits per heavy atom. The lowest BCUT2D eigenvalue weighted by Crippen LogP contribution is -2.05. The van der Waals surface area contributed by atoms with Gasteiger partial charge in [-0.3, -0.25) is 4.79 Å². The summed E-state index contributed by atoms with van der Waals surface area (Å²) in [6, 6.07) is 3.85. The molecule has 0 saturated heterocycles. The van der Waals surface area contributed by atoms with Crippen LogP contribution in [0.3, 0.4) is 0 Å². The van der Waals surface area contributed by atoms with Crippen LogP contribution in [0, 0.1) is 0 Å². The maximum Gasteiger partial charge on any atom is 0.211 e. The molecular weight excluding hydrogens is 192 g/mol. The Kier molecular flexibility index (Phi) is 3.79. The van der Waals surface area contributed by atoms with Crippen molar-refractivity contribution in [1.82, 2.24) is 0 Å². The molecule has 0 aliphatic rings. The van der Waals surface area contributed by atoms with E-state index >= 15 is 0 Å². The largest absolute Gasteiger partial charge is 0.388 e. The van der Waals surface area contributed by atoms with E-state index in [2.05, 4.69) is 21.3 Å². The van der Waals surface area contributed by atoms with Crippen LogP contribution in [0.4, 0.5) is 22.7 Å². The Balaban J connectivity index is 3.25. The fraction of sp³-hybridized carbons (Fsp3) is 0.300. The first-order valence-corrected chi connectivity index (χ1v) is 4.68. The lowest BCUT2D eigenvalue weighted by molar-refractivity contribution is -0.105. The molecule has 0 radical (unpaired) electrons. The zero-order chi connectivity index (χ0) is 11.3. The maximum absolute atomic E-state index is 10.5. The zero-order valence-electron chi connectivity index (χ0n) is 9.14. The molecule has 5 heteroatoms. The maximum atomic E-state index is 10.5. The van der Waals surface area contributed by atoms with Gasteiger partial charge in [0.05, 0.1) is 17.1 Å². The van der Waals surface area contributed by atoms with E-state index in [0.29, 0.717) is 6.41 Å². The fourth-order valence-corrected chi connectivity index (χ4v) is 1.40. The van der Waals surface area contributed by atoms with Crippen LogP contribution in [-0.2, 0) is 4.79 Å². The normalized spacial score (nSPS) is 9.27. The van der Waals surface area contributed by atoms with Crippen molar-refractivity contribution in [2.75, 3.05) is 42.4 Å². The second kappa shape index (κ2) is 5.09. The number of hydrogen-bond donors (Lipinski definition) is 4. The number of anilines is 4. The molecule has 1 aromatic rings. The van der Waals surface area contributed by atoms with Gasteiger partial charge in [-0.25, -0.2) is 0 Å². The summed E-state index contributed by atoms with van der Waals surface area (Å²) in [5.41, 5.74) is 3.44. The summed E-state index contributed by atoms with van der Waals surface area (Å²) < 4.78 is 0. The van der Waals surface area contributed by atoms with E-state index in [-0.39, 0.29) is 0 Å². The lowest BCUT2D eigenvalue weighted by Gasteiger charge is -2.15. The van der Waals surface area contributed by atoms with Gasteiger partial charge in [-0.1, -0.05) is 0 Å². The first kappa shape index (κ1) is 11.2. The van der Waals surface area contributed by atoms with Gasteiger partial charge in [-0.2, -0.15) is 0 Å². The Bertz CT molecular complexity index is 326. The summed E-state index contributed by atoms with van der Waals surface area (Å²) in [6.45, 7) is 0. The third-order valence-corrected chi connectivity index (χ3v) is 2.17. The number of nitrogens with one attached hydrogen (secondary N) is 4. The molecule has 5 nitrogen and oxygen atoms in total. The molecule has 1 aromatic carbocycles. The van der Waals surface area contributed by atoms with Crippen LogP contribution in [0.2, 0.25) is 0 Å². The first-order valence-electron chi connectivity index (χ1n) is 4.68. The van der Waals surface area contributed by atoms with Crippen LogP contribution >= 0.6 is 0 Å². The van der Waals surface area contributed by atoms with Gasteiger partial charge in [-0.15, -0.1) is 0 Å². The van der Waals surface area contributed by atoms with Crippen molar-refractivity contribution in [3.63, 3.8) is 0 Å². The first-order chi connectivity index (χ1) is 7.26. The van der Waals surface area contributed by atoms with Gasteiger partial charge in [0, 0.05) is 26.8 Å². The summed E-state index contributed by atoms with van der Waals surface area (Å²) >= 11 is 0. The Labute approximate surface area is 89.3 Å². The van der Waals surface area contributed by atoms with Crippen molar-refractivity contribution in [1.29, 1.82) is 0 Å². The number of carbonyl (C=O) groups is 1. The summed E-state index contributed by atoms with van der Waals surface area (Å²) in [6.07, 6.45) is 0.663. The van der Waals surface area contributed by atoms with Crippen LogP contribution in [0.15, 0.2) is 12.1 Å². The summed E-state index contributed by atoms with van der Waals surface area (Å²) in [4.78, 5) is 10.5. The van der Waals surface area contributed by atoms with Crippen molar-refractivity contribution in [3.8, 4) is 0 Å². The molecule has 0 aromatic heterocycles. The average molecular weight is 208 g/mol. The second-order valence-corrected chi connectivity index (χ2v) is 2.96. The number of hydrogen-bond acceptors (Lipinski definition) is 4. The van der Waals surface area contributed by atoms with E-state index in [0.717, 1.165) is 22.7 Å². The Hall–Kier alpha value is -1.91. The molecule has 15 heavy (non-hydrogen) atoms. The SMILES string of the molecule is CNc1cc(NC)c(NC=O)c(NC)c1. The van der Waals surface area contributed by atoms with Crippen molar-refractivity contribution < 1.29 is 4.79 Å². The van der Waals surface area contributed by atoms with Gasteiger partial charge in [0.2, 0.25) is 6.41 Å². The van der Waals surface area contributed by atoms with E-state index in [1.165, 1.54) is 0 Å². The zero-order valence-corrected chi connectivity index (χ0v) is 9.14. The van der Waals surface area contributed by atoms with Gasteiger partial charge in [-0.05, 0) is 12.1 Å². The molecule has 4 N–H and O–H groups in total. The monoisotopic (exact) mass is 208 g/mol. The molecular formula is C10H16N4O. The molecule has 0 unspecified atom stereocenters. The van der Waals surface area contributed by atoms with E-state index in [1.54, 1.807) is 0 Å². The van der Waals surface area contributed by atoms with E-state index in [1.807, 2.05) is 33.3 Å². The van der Waals surface area contributed by atoms with Crippen LogP contribution in [0.1, 0.15) is 0 Å². The van der Waals surface area contributed by atoms with Crippen molar-refractivity contribution in [2.24, 2.45) is 0 Å². The second-order valence-electron chi connectivity index (χ2n) is 2.96. The highest BCUT2D eigenvalue weighted by Crippen LogP contribution is 2.33. The van der Waals surface area contributed by atoms with Crippen LogP contribution in [0.5, 0.6) is 0 Å². The number of carbonyl (C=O) groups excluding carboxylic acids is 1. The summed E-state index contributed by atoms with van der Waals surface area (Å²) in [5, 5.41) is 11.8. The molecule has 0 heterocycles. The number of benzene rings is 1. The minimum atomic E-state index is 0.663. The topological polar surface area (TPSA) is 65.2 Å². The molecule has 0 atom stereocenters. The van der Waals surface area contributed by atoms with Crippen LogP contribution in [-0.4, -0.2) is 27.6 Å². The Morgan fingerprint density at radius 2 is 1.53 bits per heavy atom. The lowest BCUT2D eigenvalue weighted by atomic mass is 10.2. The smallest absolute Gasteiger partial charge is 0.211 e. The predicted molar refractivity (Wildman–Crippen MR) is 64.8 cm³/mol. The van der Waals surface area contributed by atoms with Crippen molar-refractivity contribution in [2.45, 2.75) is 0 Å². The van der Waals surface area contributed by atoms with Gasteiger partial charge in [0.15, 0.2) is 0 Å². The van der Waals surface area contributed by atoms with Gasteiger partial charge >= 0.3 is 0 Å². The molecule has 0 aliphatic carbocycles. The quantitative estimate of drug-likeness (QED) is 0.552. The summed E-state index contributed by atoms with van der Waals surface area (Å²) in [7, 11) is 5.47. The van der Waals surface area contributed by atoms with Crippen molar-refractivity contribution in [3.05, 3.63) is 12.1 Å². The predicted octanol–water partition coefficient (Wildman–Crippen LogP) is 1.38. The van der Waals surface area contributed by atoms with E-state index in [4.69, 9.17) is 0 Å². The molecule has 82 valence electrons. The van der Waals surface area contributed by atoms with Crippen molar-refractivity contribution >= 4 is 29.2 Å². The number of rotatable bonds is 5. The Morgan fingerprint density at radius 3 is 1.87 bits per heavy atom. The van der Waals surface area contributed by atoms with Gasteiger partial charge in [0.25, 0.3) is 0 Å².